The summed E-state index contributed by atoms with van der Waals surface area (Å²) in [6.45, 7) is 6.69. The van der Waals surface area contributed by atoms with Crippen molar-refractivity contribution in [2.24, 2.45) is 0 Å². The Hall–Kier alpha value is -0.870. The third kappa shape index (κ3) is 1.89. The van der Waals surface area contributed by atoms with Crippen LogP contribution in [0.5, 0.6) is 0 Å². The number of hydrogen-bond donors (Lipinski definition) is 2. The fourth-order valence-corrected chi connectivity index (χ4v) is 1.77. The molecule has 0 saturated carbocycles. The van der Waals surface area contributed by atoms with E-state index in [4.69, 9.17) is 0 Å². The summed E-state index contributed by atoms with van der Waals surface area (Å²) < 4.78 is 0. The Morgan fingerprint density at radius 3 is 2.85 bits per heavy atom. The Balaban J connectivity index is 1.99. The lowest BCUT2D eigenvalue weighted by Gasteiger charge is -2.32. The van der Waals surface area contributed by atoms with Crippen molar-refractivity contribution < 1.29 is 0 Å². The van der Waals surface area contributed by atoms with E-state index in [1.165, 1.54) is 5.56 Å². The molecule has 1 aromatic rings. The molecule has 4 nitrogen and oxygen atoms in total. The van der Waals surface area contributed by atoms with E-state index in [0.29, 0.717) is 6.04 Å². The largest absolute Gasteiger partial charge is 0.314 e. The predicted molar refractivity (Wildman–Crippen MR) is 51.4 cm³/mol. The lowest BCUT2D eigenvalue weighted by Crippen LogP contribution is -2.44. The predicted octanol–water partition coefficient (Wildman–Crippen LogP) is 0.376. The summed E-state index contributed by atoms with van der Waals surface area (Å²) >= 11 is 0. The molecular weight excluding hydrogens is 164 g/mol. The van der Waals surface area contributed by atoms with Crippen LogP contribution in [0.4, 0.5) is 0 Å². The Bertz CT molecular complexity index is 238. The average Bonchev–Trinajstić information content (AvgIpc) is 2.71. The molecule has 1 aromatic heterocycles. The molecule has 1 aliphatic heterocycles. The summed E-state index contributed by atoms with van der Waals surface area (Å²) in [5.41, 5.74) is 1.28. The summed E-state index contributed by atoms with van der Waals surface area (Å²) in [6, 6.07) is 0.487. The molecule has 13 heavy (non-hydrogen) atoms. The van der Waals surface area contributed by atoms with E-state index in [9.17, 15) is 0 Å². The van der Waals surface area contributed by atoms with Gasteiger partial charge >= 0.3 is 0 Å². The van der Waals surface area contributed by atoms with E-state index < -0.39 is 0 Å². The summed E-state index contributed by atoms with van der Waals surface area (Å²) in [5.74, 6) is 0. The van der Waals surface area contributed by atoms with E-state index in [1.54, 1.807) is 0 Å². The third-order valence-electron chi connectivity index (χ3n) is 2.70. The maximum absolute atomic E-state index is 3.97. The van der Waals surface area contributed by atoms with Gasteiger partial charge in [0, 0.05) is 44.0 Å². The van der Waals surface area contributed by atoms with Crippen LogP contribution < -0.4 is 5.32 Å². The molecule has 0 bridgehead atoms. The van der Waals surface area contributed by atoms with Crippen molar-refractivity contribution in [2.75, 3.05) is 26.2 Å². The van der Waals surface area contributed by atoms with Crippen LogP contribution in [0.1, 0.15) is 18.5 Å². The van der Waals surface area contributed by atoms with E-state index in [1.807, 2.05) is 12.4 Å². The van der Waals surface area contributed by atoms with Crippen LogP contribution in [-0.4, -0.2) is 41.3 Å². The zero-order chi connectivity index (χ0) is 9.10. The quantitative estimate of drug-likeness (QED) is 0.691. The van der Waals surface area contributed by atoms with Gasteiger partial charge in [-0.3, -0.25) is 10.00 Å². The molecule has 2 heterocycles. The third-order valence-corrected chi connectivity index (χ3v) is 2.70. The minimum absolute atomic E-state index is 0.487. The number of H-pyrrole nitrogens is 1. The highest BCUT2D eigenvalue weighted by Crippen LogP contribution is 2.18. The van der Waals surface area contributed by atoms with Gasteiger partial charge in [-0.25, -0.2) is 0 Å². The summed E-state index contributed by atoms with van der Waals surface area (Å²) in [5, 5.41) is 10.2. The first-order valence-electron chi connectivity index (χ1n) is 4.81. The van der Waals surface area contributed by atoms with E-state index in [0.717, 1.165) is 26.2 Å². The number of hydrogen-bond acceptors (Lipinski definition) is 3. The number of nitrogens with one attached hydrogen (secondary N) is 2. The van der Waals surface area contributed by atoms with Crippen molar-refractivity contribution in [3.05, 3.63) is 18.0 Å². The first-order valence-corrected chi connectivity index (χ1v) is 4.81. The smallest absolute Gasteiger partial charge is 0.0535 e. The van der Waals surface area contributed by atoms with Crippen LogP contribution >= 0.6 is 0 Å². The van der Waals surface area contributed by atoms with Gasteiger partial charge in [-0.2, -0.15) is 5.10 Å². The molecule has 0 aromatic carbocycles. The zero-order valence-corrected chi connectivity index (χ0v) is 7.95. The van der Waals surface area contributed by atoms with E-state index in [2.05, 4.69) is 27.3 Å². The Morgan fingerprint density at radius 2 is 2.23 bits per heavy atom. The van der Waals surface area contributed by atoms with Crippen LogP contribution in [0, 0.1) is 0 Å². The molecule has 0 amide bonds. The van der Waals surface area contributed by atoms with Gasteiger partial charge in [-0.05, 0) is 6.92 Å². The second-order valence-corrected chi connectivity index (χ2v) is 3.49. The Labute approximate surface area is 78.3 Å². The molecule has 4 heteroatoms. The molecular formula is C9H16N4. The van der Waals surface area contributed by atoms with Crippen molar-refractivity contribution in [1.82, 2.24) is 20.4 Å². The molecule has 2 rings (SSSR count). The zero-order valence-electron chi connectivity index (χ0n) is 7.95. The minimum Gasteiger partial charge on any atom is -0.314 e. The molecule has 1 unspecified atom stereocenters. The summed E-state index contributed by atoms with van der Waals surface area (Å²) in [4.78, 5) is 2.47. The van der Waals surface area contributed by atoms with Gasteiger partial charge in [0.15, 0.2) is 0 Å². The molecule has 0 spiro atoms. The fourth-order valence-electron chi connectivity index (χ4n) is 1.77. The van der Waals surface area contributed by atoms with Crippen LogP contribution in [0.2, 0.25) is 0 Å². The highest BCUT2D eigenvalue weighted by molar-refractivity contribution is 5.08. The molecule has 0 radical (unpaired) electrons. The second kappa shape index (κ2) is 3.89. The molecule has 1 atom stereocenters. The summed E-state index contributed by atoms with van der Waals surface area (Å²) in [7, 11) is 0. The van der Waals surface area contributed by atoms with Crippen LogP contribution in [0.25, 0.3) is 0 Å². The number of aromatic amines is 1. The molecule has 1 saturated heterocycles. The van der Waals surface area contributed by atoms with Crippen LogP contribution in [0.3, 0.4) is 0 Å². The molecule has 2 N–H and O–H groups in total. The SMILES string of the molecule is CC(c1cn[nH]c1)N1CCNCC1. The van der Waals surface area contributed by atoms with Gasteiger partial charge in [0.2, 0.25) is 0 Å². The number of aromatic nitrogens is 2. The first kappa shape index (κ1) is 8.72. The van der Waals surface area contributed by atoms with Crippen molar-refractivity contribution >= 4 is 0 Å². The van der Waals surface area contributed by atoms with Gasteiger partial charge < -0.3 is 5.32 Å². The van der Waals surface area contributed by atoms with Gasteiger partial charge in [0.1, 0.15) is 0 Å². The van der Waals surface area contributed by atoms with Crippen LogP contribution in [0.15, 0.2) is 12.4 Å². The van der Waals surface area contributed by atoms with Crippen molar-refractivity contribution in [3.8, 4) is 0 Å². The number of nitrogens with zero attached hydrogens (tertiary/aromatic N) is 2. The van der Waals surface area contributed by atoms with E-state index in [-0.39, 0.29) is 0 Å². The van der Waals surface area contributed by atoms with Crippen LogP contribution in [-0.2, 0) is 0 Å². The highest BCUT2D eigenvalue weighted by Gasteiger charge is 2.17. The fraction of sp³-hybridized carbons (Fsp3) is 0.667. The molecule has 1 fully saturated rings. The maximum Gasteiger partial charge on any atom is 0.0535 e. The average molecular weight is 180 g/mol. The lowest BCUT2D eigenvalue weighted by molar-refractivity contribution is 0.185. The van der Waals surface area contributed by atoms with Crippen molar-refractivity contribution in [3.63, 3.8) is 0 Å². The van der Waals surface area contributed by atoms with Crippen molar-refractivity contribution in [2.45, 2.75) is 13.0 Å². The maximum atomic E-state index is 3.97. The van der Waals surface area contributed by atoms with Gasteiger partial charge in [0.25, 0.3) is 0 Å². The normalized spacial score (nSPS) is 21.6. The molecule has 1 aliphatic rings. The Morgan fingerprint density at radius 1 is 1.46 bits per heavy atom. The Kier molecular flexibility index (Phi) is 2.61. The molecule has 0 aliphatic carbocycles. The van der Waals surface area contributed by atoms with Gasteiger partial charge in [-0.15, -0.1) is 0 Å². The van der Waals surface area contributed by atoms with E-state index >= 15 is 0 Å². The first-order chi connectivity index (χ1) is 6.38. The number of rotatable bonds is 2. The minimum atomic E-state index is 0.487. The highest BCUT2D eigenvalue weighted by atomic mass is 15.2. The number of piperazine rings is 1. The topological polar surface area (TPSA) is 44.0 Å². The lowest BCUT2D eigenvalue weighted by atomic mass is 10.1. The summed E-state index contributed by atoms with van der Waals surface area (Å²) in [6.07, 6.45) is 3.89. The monoisotopic (exact) mass is 180 g/mol. The van der Waals surface area contributed by atoms with Gasteiger partial charge in [-0.1, -0.05) is 0 Å². The standard InChI is InChI=1S/C9H16N4/c1-8(9-6-11-12-7-9)13-4-2-10-3-5-13/h6-8,10H,2-5H2,1H3,(H,11,12). The van der Waals surface area contributed by atoms with Gasteiger partial charge in [0.05, 0.1) is 6.20 Å². The molecule has 72 valence electrons. The second-order valence-electron chi connectivity index (χ2n) is 3.49. The van der Waals surface area contributed by atoms with Crippen molar-refractivity contribution in [1.29, 1.82) is 0 Å².